The smallest absolute Gasteiger partial charge is 0.327 e. The maximum atomic E-state index is 12.9. The predicted molar refractivity (Wildman–Crippen MR) is 95.9 cm³/mol. The first-order valence-electron chi connectivity index (χ1n) is 8.16. The first kappa shape index (κ1) is 19.4. The summed E-state index contributed by atoms with van der Waals surface area (Å²) in [5.41, 5.74) is 5.85. The standard InChI is InChI=1S/C15H25N3O4S2/c1-3-8(16)12(23)13(19)17-9-4-7(2)5-11-18(14(9)20)10(6-24-11)15(21)22/h7-12,23H,3-6,16H2,1-2H3,(H,17,19)(H,21,22)/t7-,8-,9-,10-,11+,12-/m0/s1. The van der Waals surface area contributed by atoms with Crippen LogP contribution in [-0.4, -0.2) is 62.3 Å². The number of hydrogen-bond acceptors (Lipinski definition) is 6. The molecule has 0 aromatic heterocycles. The van der Waals surface area contributed by atoms with Crippen molar-refractivity contribution in [1.82, 2.24) is 10.2 Å². The second-order valence-corrected chi connectivity index (χ2v) is 8.31. The van der Waals surface area contributed by atoms with Gasteiger partial charge in [0.25, 0.3) is 0 Å². The van der Waals surface area contributed by atoms with Crippen molar-refractivity contribution in [3.8, 4) is 0 Å². The number of carboxylic acids is 1. The summed E-state index contributed by atoms with van der Waals surface area (Å²) >= 11 is 5.74. The Bertz CT molecular complexity index is 519. The van der Waals surface area contributed by atoms with E-state index < -0.39 is 29.3 Å². The first-order chi connectivity index (χ1) is 11.3. The monoisotopic (exact) mass is 375 g/mol. The van der Waals surface area contributed by atoms with Crippen molar-refractivity contribution in [3.63, 3.8) is 0 Å². The Labute approximate surface area is 151 Å². The lowest BCUT2D eigenvalue weighted by atomic mass is 9.99. The Morgan fingerprint density at radius 3 is 2.75 bits per heavy atom. The average Bonchev–Trinajstić information content (AvgIpc) is 2.90. The SMILES string of the molecule is CC[C@H](N)[C@H](S)C(=O)N[C@H]1C[C@H](C)C[C@H]2SC[C@@H](C(=O)O)N2C1=O. The number of amides is 2. The number of nitrogens with one attached hydrogen (secondary N) is 1. The Hall–Kier alpha value is -0.930. The van der Waals surface area contributed by atoms with E-state index in [1.54, 1.807) is 0 Å². The van der Waals surface area contributed by atoms with Gasteiger partial charge in [0.1, 0.15) is 12.1 Å². The van der Waals surface area contributed by atoms with Crippen molar-refractivity contribution < 1.29 is 19.5 Å². The summed E-state index contributed by atoms with van der Waals surface area (Å²) in [6, 6.07) is -1.95. The second kappa shape index (κ2) is 7.97. The zero-order chi connectivity index (χ0) is 18.0. The van der Waals surface area contributed by atoms with E-state index in [-0.39, 0.29) is 23.1 Å². The summed E-state index contributed by atoms with van der Waals surface area (Å²) in [5, 5.41) is 11.3. The van der Waals surface area contributed by atoms with Crippen LogP contribution in [0.15, 0.2) is 0 Å². The van der Waals surface area contributed by atoms with Gasteiger partial charge in [0.15, 0.2) is 0 Å². The van der Waals surface area contributed by atoms with Crippen LogP contribution in [0.5, 0.6) is 0 Å². The van der Waals surface area contributed by atoms with E-state index in [1.807, 2.05) is 13.8 Å². The van der Waals surface area contributed by atoms with Crippen LogP contribution in [0.1, 0.15) is 33.1 Å². The minimum Gasteiger partial charge on any atom is -0.480 e. The molecule has 7 nitrogen and oxygen atoms in total. The van der Waals surface area contributed by atoms with Crippen molar-refractivity contribution in [2.45, 2.75) is 61.9 Å². The lowest BCUT2D eigenvalue weighted by molar-refractivity contribution is -0.149. The normalized spacial score (nSPS) is 32.7. The number of thioether (sulfide) groups is 1. The molecular weight excluding hydrogens is 350 g/mol. The van der Waals surface area contributed by atoms with Crippen LogP contribution >= 0.6 is 24.4 Å². The molecule has 0 aromatic carbocycles. The summed E-state index contributed by atoms with van der Waals surface area (Å²) in [6.45, 7) is 3.88. The second-order valence-electron chi connectivity index (χ2n) is 6.54. The van der Waals surface area contributed by atoms with Crippen LogP contribution in [0.25, 0.3) is 0 Å². The molecule has 0 saturated carbocycles. The molecule has 0 bridgehead atoms. The van der Waals surface area contributed by atoms with Crippen molar-refractivity contribution >= 4 is 42.2 Å². The van der Waals surface area contributed by atoms with Gasteiger partial charge in [-0.2, -0.15) is 12.6 Å². The van der Waals surface area contributed by atoms with Crippen LogP contribution < -0.4 is 11.1 Å². The number of fused-ring (bicyclic) bond motifs is 1. The summed E-state index contributed by atoms with van der Waals surface area (Å²) in [6.07, 6.45) is 1.82. The molecule has 0 unspecified atom stereocenters. The highest BCUT2D eigenvalue weighted by molar-refractivity contribution is 8.00. The fourth-order valence-electron chi connectivity index (χ4n) is 3.15. The number of aliphatic carboxylic acids is 1. The zero-order valence-corrected chi connectivity index (χ0v) is 15.6. The van der Waals surface area contributed by atoms with Gasteiger partial charge in [-0.25, -0.2) is 4.79 Å². The third-order valence-electron chi connectivity index (χ3n) is 4.63. The topological polar surface area (TPSA) is 113 Å². The van der Waals surface area contributed by atoms with E-state index in [0.717, 1.165) is 6.42 Å². The fourth-order valence-corrected chi connectivity index (χ4v) is 5.02. The molecule has 2 aliphatic rings. The number of carbonyl (C=O) groups is 3. The number of nitrogens with two attached hydrogens (primary N) is 1. The molecule has 2 amide bonds. The van der Waals surface area contributed by atoms with Crippen LogP contribution in [0.2, 0.25) is 0 Å². The molecule has 2 fully saturated rings. The van der Waals surface area contributed by atoms with Gasteiger partial charge in [0.05, 0.1) is 10.6 Å². The van der Waals surface area contributed by atoms with Crippen LogP contribution in [-0.2, 0) is 14.4 Å². The quantitative estimate of drug-likeness (QED) is 0.514. The largest absolute Gasteiger partial charge is 0.480 e. The molecule has 4 N–H and O–H groups in total. The van der Waals surface area contributed by atoms with Gasteiger partial charge in [-0.15, -0.1) is 11.8 Å². The average molecular weight is 376 g/mol. The van der Waals surface area contributed by atoms with Gasteiger partial charge in [-0.05, 0) is 25.2 Å². The number of hydrogen-bond donors (Lipinski definition) is 4. The number of nitrogens with zero attached hydrogens (tertiary/aromatic N) is 1. The van der Waals surface area contributed by atoms with Crippen LogP contribution in [0.4, 0.5) is 0 Å². The molecule has 2 saturated heterocycles. The molecule has 6 atom stereocenters. The number of carbonyl (C=O) groups excluding carboxylic acids is 2. The van der Waals surface area contributed by atoms with Crippen LogP contribution in [0, 0.1) is 5.92 Å². The summed E-state index contributed by atoms with van der Waals surface area (Å²) in [5.74, 6) is -1.11. The molecule has 0 aliphatic carbocycles. The molecule has 24 heavy (non-hydrogen) atoms. The summed E-state index contributed by atoms with van der Waals surface area (Å²) in [7, 11) is 0. The molecular formula is C15H25N3O4S2. The minimum absolute atomic E-state index is 0.139. The molecule has 2 aliphatic heterocycles. The predicted octanol–water partition coefficient (Wildman–Crippen LogP) is 0.292. The molecule has 0 spiro atoms. The van der Waals surface area contributed by atoms with Gasteiger partial charge in [-0.1, -0.05) is 13.8 Å². The van der Waals surface area contributed by atoms with Crippen molar-refractivity contribution in [3.05, 3.63) is 0 Å². The van der Waals surface area contributed by atoms with Gasteiger partial charge >= 0.3 is 5.97 Å². The number of rotatable bonds is 5. The highest BCUT2D eigenvalue weighted by atomic mass is 32.2. The maximum Gasteiger partial charge on any atom is 0.327 e. The maximum absolute atomic E-state index is 12.9. The van der Waals surface area contributed by atoms with Gasteiger partial charge in [0, 0.05) is 11.8 Å². The molecule has 0 aromatic rings. The lowest BCUT2D eigenvalue weighted by Crippen LogP contribution is -2.55. The molecule has 0 radical (unpaired) electrons. The fraction of sp³-hybridized carbons (Fsp3) is 0.800. The Morgan fingerprint density at radius 1 is 1.50 bits per heavy atom. The third-order valence-corrected chi connectivity index (χ3v) is 6.56. The van der Waals surface area contributed by atoms with Crippen molar-refractivity contribution in [1.29, 1.82) is 0 Å². The van der Waals surface area contributed by atoms with Gasteiger partial charge in [-0.3, -0.25) is 9.59 Å². The summed E-state index contributed by atoms with van der Waals surface area (Å²) < 4.78 is 0. The van der Waals surface area contributed by atoms with E-state index in [4.69, 9.17) is 5.73 Å². The molecule has 136 valence electrons. The highest BCUT2D eigenvalue weighted by Gasteiger charge is 2.47. The Morgan fingerprint density at radius 2 is 2.17 bits per heavy atom. The number of thiol groups is 1. The van der Waals surface area contributed by atoms with E-state index in [1.165, 1.54) is 16.7 Å². The Kier molecular flexibility index (Phi) is 6.44. The first-order valence-corrected chi connectivity index (χ1v) is 9.73. The Balaban J connectivity index is 2.15. The third kappa shape index (κ3) is 4.00. The number of carboxylic acid groups (broad SMARTS) is 1. The highest BCUT2D eigenvalue weighted by Crippen LogP contribution is 2.37. The van der Waals surface area contributed by atoms with E-state index in [2.05, 4.69) is 17.9 Å². The van der Waals surface area contributed by atoms with E-state index in [9.17, 15) is 19.5 Å². The molecule has 2 heterocycles. The van der Waals surface area contributed by atoms with Crippen molar-refractivity contribution in [2.75, 3.05) is 5.75 Å². The van der Waals surface area contributed by atoms with Gasteiger partial charge in [0.2, 0.25) is 11.8 Å². The van der Waals surface area contributed by atoms with Crippen molar-refractivity contribution in [2.24, 2.45) is 11.7 Å². The molecule has 2 rings (SSSR count). The minimum atomic E-state index is -1.00. The van der Waals surface area contributed by atoms with Gasteiger partial charge < -0.3 is 21.1 Å². The lowest BCUT2D eigenvalue weighted by Gasteiger charge is -2.29. The summed E-state index contributed by atoms with van der Waals surface area (Å²) in [4.78, 5) is 38.1. The molecule has 9 heteroatoms. The zero-order valence-electron chi connectivity index (χ0n) is 13.8. The van der Waals surface area contributed by atoms with E-state index in [0.29, 0.717) is 18.6 Å². The van der Waals surface area contributed by atoms with E-state index >= 15 is 0 Å². The van der Waals surface area contributed by atoms with Crippen LogP contribution in [0.3, 0.4) is 0 Å².